The van der Waals surface area contributed by atoms with Crippen molar-refractivity contribution in [1.29, 1.82) is 0 Å². The number of halogens is 1. The van der Waals surface area contributed by atoms with E-state index in [9.17, 15) is 4.79 Å². The zero-order valence-electron chi connectivity index (χ0n) is 8.01. The Kier molecular flexibility index (Phi) is 2.76. The van der Waals surface area contributed by atoms with Crippen molar-refractivity contribution in [1.82, 2.24) is 5.32 Å². The molecular weight excluding hydrogens is 289 g/mol. The second-order valence-corrected chi connectivity index (χ2v) is 4.91. The average Bonchev–Trinajstić information content (AvgIpc) is 2.51. The van der Waals surface area contributed by atoms with Crippen LogP contribution in [0.25, 0.3) is 0 Å². The van der Waals surface area contributed by atoms with Gasteiger partial charge in [-0.2, -0.15) is 0 Å². The predicted octanol–water partition coefficient (Wildman–Crippen LogP) is 2.55. The molecule has 1 amide bonds. The van der Waals surface area contributed by atoms with Crippen LogP contribution >= 0.6 is 22.6 Å². The van der Waals surface area contributed by atoms with E-state index < -0.39 is 0 Å². The Hall–Kier alpha value is -0.580. The highest BCUT2D eigenvalue weighted by Gasteiger charge is 2.23. The molecule has 0 aliphatic carbocycles. The molecule has 0 radical (unpaired) electrons. The van der Waals surface area contributed by atoms with Crippen LogP contribution in [0.15, 0.2) is 18.2 Å². The maximum absolute atomic E-state index is 11.1. The summed E-state index contributed by atoms with van der Waals surface area (Å²) in [5.74, 6) is 0.174. The van der Waals surface area contributed by atoms with Crippen molar-refractivity contribution < 1.29 is 4.79 Å². The second kappa shape index (κ2) is 3.88. The quantitative estimate of drug-likeness (QED) is 0.794. The lowest BCUT2D eigenvalue weighted by atomic mass is 10.0. The molecule has 0 aromatic heterocycles. The van der Waals surface area contributed by atoms with Crippen LogP contribution in [-0.4, -0.2) is 5.91 Å². The molecule has 1 aliphatic rings. The van der Waals surface area contributed by atoms with Crippen molar-refractivity contribution in [2.75, 3.05) is 0 Å². The normalized spacial score (nSPS) is 21.0. The fourth-order valence-corrected chi connectivity index (χ4v) is 2.52. The van der Waals surface area contributed by atoms with E-state index in [0.717, 1.165) is 6.42 Å². The highest BCUT2D eigenvalue weighted by molar-refractivity contribution is 14.1. The fourth-order valence-electron chi connectivity index (χ4n) is 1.88. The maximum atomic E-state index is 11.1. The summed E-state index contributed by atoms with van der Waals surface area (Å²) in [5.41, 5.74) is 2.53. The van der Waals surface area contributed by atoms with Crippen LogP contribution in [0.2, 0.25) is 0 Å². The number of carbonyl (C=O) groups excluding carboxylic acids is 1. The minimum absolute atomic E-state index is 0.174. The minimum Gasteiger partial charge on any atom is -0.349 e. The first-order valence-electron chi connectivity index (χ1n) is 4.72. The third kappa shape index (κ3) is 1.92. The van der Waals surface area contributed by atoms with Gasteiger partial charge in [0.15, 0.2) is 0 Å². The third-order valence-electron chi connectivity index (χ3n) is 2.60. The third-order valence-corrected chi connectivity index (χ3v) is 3.27. The number of rotatable bonds is 1. The molecule has 14 heavy (non-hydrogen) atoms. The predicted molar refractivity (Wildman–Crippen MR) is 64.0 cm³/mol. The molecule has 1 saturated heterocycles. The highest BCUT2D eigenvalue weighted by atomic mass is 127. The number of hydrogen-bond donors (Lipinski definition) is 1. The van der Waals surface area contributed by atoms with Gasteiger partial charge in [0.05, 0.1) is 6.04 Å². The van der Waals surface area contributed by atoms with Gasteiger partial charge >= 0.3 is 0 Å². The van der Waals surface area contributed by atoms with Crippen LogP contribution < -0.4 is 5.32 Å². The van der Waals surface area contributed by atoms with E-state index in [1.807, 2.05) is 0 Å². The van der Waals surface area contributed by atoms with E-state index in [0.29, 0.717) is 6.42 Å². The standard InChI is InChI=1S/C11H12INO/c1-7-6-8(12)2-3-9(7)10-4-5-11(14)13-10/h2-3,6,10H,4-5H2,1H3,(H,13,14). The largest absolute Gasteiger partial charge is 0.349 e. The van der Waals surface area contributed by atoms with Crippen molar-refractivity contribution in [3.8, 4) is 0 Å². The Balaban J connectivity index is 2.28. The Morgan fingerprint density at radius 3 is 2.86 bits per heavy atom. The van der Waals surface area contributed by atoms with Crippen LogP contribution in [0, 0.1) is 10.5 Å². The molecule has 1 N–H and O–H groups in total. The van der Waals surface area contributed by atoms with E-state index in [1.165, 1.54) is 14.7 Å². The lowest BCUT2D eigenvalue weighted by Crippen LogP contribution is -2.18. The van der Waals surface area contributed by atoms with Gasteiger partial charge in [0, 0.05) is 9.99 Å². The second-order valence-electron chi connectivity index (χ2n) is 3.66. The first kappa shape index (κ1) is 9.96. The molecule has 1 aliphatic heterocycles. The Morgan fingerprint density at radius 1 is 1.50 bits per heavy atom. The molecule has 0 spiro atoms. The number of aryl methyl sites for hydroxylation is 1. The molecule has 74 valence electrons. The van der Waals surface area contributed by atoms with Gasteiger partial charge < -0.3 is 5.32 Å². The summed E-state index contributed by atoms with van der Waals surface area (Å²) in [7, 11) is 0. The molecule has 1 fully saturated rings. The van der Waals surface area contributed by atoms with Crippen molar-refractivity contribution in [3.05, 3.63) is 32.9 Å². The first-order chi connectivity index (χ1) is 6.66. The van der Waals surface area contributed by atoms with E-state index in [4.69, 9.17) is 0 Å². The Morgan fingerprint density at radius 2 is 2.29 bits per heavy atom. The minimum atomic E-state index is 0.174. The summed E-state index contributed by atoms with van der Waals surface area (Å²) in [5, 5.41) is 2.99. The summed E-state index contributed by atoms with van der Waals surface area (Å²) >= 11 is 2.30. The van der Waals surface area contributed by atoms with Crippen LogP contribution in [0.4, 0.5) is 0 Å². The van der Waals surface area contributed by atoms with Gasteiger partial charge in [-0.1, -0.05) is 6.07 Å². The lowest BCUT2D eigenvalue weighted by Gasteiger charge is -2.13. The van der Waals surface area contributed by atoms with Gasteiger partial charge in [-0.3, -0.25) is 4.79 Å². The summed E-state index contributed by atoms with van der Waals surface area (Å²) in [4.78, 5) is 11.1. The van der Waals surface area contributed by atoms with Gasteiger partial charge in [-0.25, -0.2) is 0 Å². The Bertz CT molecular complexity index is 376. The molecule has 3 heteroatoms. The van der Waals surface area contributed by atoms with E-state index in [-0.39, 0.29) is 11.9 Å². The lowest BCUT2D eigenvalue weighted by molar-refractivity contribution is -0.119. The number of benzene rings is 1. The fraction of sp³-hybridized carbons (Fsp3) is 0.364. The van der Waals surface area contributed by atoms with Crippen LogP contribution in [0.3, 0.4) is 0 Å². The van der Waals surface area contributed by atoms with Crippen LogP contribution in [0.5, 0.6) is 0 Å². The molecule has 2 rings (SSSR count). The highest BCUT2D eigenvalue weighted by Crippen LogP contribution is 2.27. The van der Waals surface area contributed by atoms with Crippen molar-refractivity contribution in [3.63, 3.8) is 0 Å². The number of nitrogens with one attached hydrogen (secondary N) is 1. The van der Waals surface area contributed by atoms with Gasteiger partial charge in [0.2, 0.25) is 5.91 Å². The smallest absolute Gasteiger partial charge is 0.220 e. The molecular formula is C11H12INO. The monoisotopic (exact) mass is 301 g/mol. The summed E-state index contributed by atoms with van der Waals surface area (Å²) in [6.07, 6.45) is 1.59. The zero-order valence-corrected chi connectivity index (χ0v) is 10.2. The first-order valence-corrected chi connectivity index (χ1v) is 5.80. The van der Waals surface area contributed by atoms with Crippen molar-refractivity contribution in [2.45, 2.75) is 25.8 Å². The summed E-state index contributed by atoms with van der Waals surface area (Å²) < 4.78 is 1.24. The maximum Gasteiger partial charge on any atom is 0.220 e. The van der Waals surface area contributed by atoms with Gasteiger partial charge in [-0.05, 0) is 59.2 Å². The molecule has 1 aromatic rings. The summed E-state index contributed by atoms with van der Waals surface area (Å²) in [6.45, 7) is 2.10. The molecule has 0 saturated carbocycles. The van der Waals surface area contributed by atoms with Gasteiger partial charge in [0.1, 0.15) is 0 Å². The van der Waals surface area contributed by atoms with E-state index in [1.54, 1.807) is 0 Å². The SMILES string of the molecule is Cc1cc(I)ccc1C1CCC(=O)N1. The molecule has 0 bridgehead atoms. The van der Waals surface area contributed by atoms with Gasteiger partial charge in [0.25, 0.3) is 0 Å². The van der Waals surface area contributed by atoms with Crippen LogP contribution in [-0.2, 0) is 4.79 Å². The van der Waals surface area contributed by atoms with Crippen molar-refractivity contribution >= 4 is 28.5 Å². The van der Waals surface area contributed by atoms with Crippen molar-refractivity contribution in [2.24, 2.45) is 0 Å². The van der Waals surface area contributed by atoms with Gasteiger partial charge in [-0.15, -0.1) is 0 Å². The number of amides is 1. The summed E-state index contributed by atoms with van der Waals surface area (Å²) in [6, 6.07) is 6.60. The zero-order chi connectivity index (χ0) is 10.1. The molecule has 2 nitrogen and oxygen atoms in total. The average molecular weight is 301 g/mol. The topological polar surface area (TPSA) is 29.1 Å². The molecule has 1 heterocycles. The van der Waals surface area contributed by atoms with E-state index >= 15 is 0 Å². The molecule has 1 aromatic carbocycles. The number of carbonyl (C=O) groups is 1. The molecule has 1 unspecified atom stereocenters. The Labute approximate surface area is 97.2 Å². The van der Waals surface area contributed by atoms with E-state index in [2.05, 4.69) is 53.0 Å². The molecule has 1 atom stereocenters. The van der Waals surface area contributed by atoms with Crippen LogP contribution in [0.1, 0.15) is 30.0 Å². The number of hydrogen-bond acceptors (Lipinski definition) is 1.